The molecule has 2 aromatic rings. The van der Waals surface area contributed by atoms with Crippen molar-refractivity contribution in [1.82, 2.24) is 0 Å². The van der Waals surface area contributed by atoms with Crippen molar-refractivity contribution in [3.63, 3.8) is 0 Å². The van der Waals surface area contributed by atoms with E-state index >= 15 is 0 Å². The molecule has 0 atom stereocenters. The molecule has 0 saturated heterocycles. The average molecular weight is 276 g/mol. The number of carbonyl (C=O) groups excluding carboxylic acids is 2. The predicted octanol–water partition coefficient (Wildman–Crippen LogP) is -6.72. The van der Waals surface area contributed by atoms with Crippen molar-refractivity contribution < 1.29 is 84.0 Å². The number of hydrogen-bond acceptors (Lipinski definition) is 5. The topological polar surface area (TPSA) is 100 Å². The molecule has 7 heteroatoms. The fourth-order valence-electron chi connectivity index (χ4n) is 1.71. The Balaban J connectivity index is 0.00000162. The van der Waals surface area contributed by atoms with Gasteiger partial charge in [0.1, 0.15) is 5.75 Å². The van der Waals surface area contributed by atoms with Gasteiger partial charge in [-0.3, -0.25) is 0 Å². The minimum Gasteiger partial charge on any atom is -0.545 e. The van der Waals surface area contributed by atoms with Crippen LogP contribution in [0.2, 0.25) is 0 Å². The maximum atomic E-state index is 11.0. The SMILES string of the molecule is O=C([O-])c1ccc2cc(O)ccc2c1C(=O)[O-].[Na+].[Na+]. The molecule has 2 aromatic carbocycles. The number of carbonyl (C=O) groups is 2. The van der Waals surface area contributed by atoms with Gasteiger partial charge in [0.15, 0.2) is 0 Å². The Hall–Kier alpha value is -0.560. The van der Waals surface area contributed by atoms with Crippen molar-refractivity contribution in [3.8, 4) is 5.75 Å². The maximum absolute atomic E-state index is 11.0. The monoisotopic (exact) mass is 276 g/mol. The molecule has 0 aromatic heterocycles. The van der Waals surface area contributed by atoms with Crippen LogP contribution >= 0.6 is 0 Å². The fraction of sp³-hybridized carbons (Fsp3) is 0. The van der Waals surface area contributed by atoms with E-state index in [1.54, 1.807) is 0 Å². The third-order valence-corrected chi connectivity index (χ3v) is 2.43. The molecule has 0 amide bonds. The Labute approximate surface area is 152 Å². The third kappa shape index (κ3) is 3.72. The molecule has 0 unspecified atom stereocenters. The molecule has 2 rings (SSSR count). The minimum atomic E-state index is -1.60. The Morgan fingerprint density at radius 2 is 1.58 bits per heavy atom. The Morgan fingerprint density at radius 3 is 2.11 bits per heavy atom. The van der Waals surface area contributed by atoms with Crippen LogP contribution in [0.25, 0.3) is 10.8 Å². The summed E-state index contributed by atoms with van der Waals surface area (Å²) in [4.78, 5) is 21.7. The molecule has 86 valence electrons. The zero-order valence-corrected chi connectivity index (χ0v) is 14.5. The number of phenols is 1. The summed E-state index contributed by atoms with van der Waals surface area (Å²) in [6, 6.07) is 6.44. The van der Waals surface area contributed by atoms with Gasteiger partial charge in [0, 0.05) is 11.1 Å². The molecular weight excluding hydrogens is 270 g/mol. The molecule has 0 spiro atoms. The number of hydrogen-bond donors (Lipinski definition) is 1. The van der Waals surface area contributed by atoms with Gasteiger partial charge in [0.25, 0.3) is 0 Å². The van der Waals surface area contributed by atoms with Crippen LogP contribution in [0.1, 0.15) is 20.7 Å². The summed E-state index contributed by atoms with van der Waals surface area (Å²) >= 11 is 0. The molecule has 0 aliphatic heterocycles. The molecule has 5 nitrogen and oxygen atoms in total. The van der Waals surface area contributed by atoms with Gasteiger partial charge in [-0.05, 0) is 22.9 Å². The van der Waals surface area contributed by atoms with Gasteiger partial charge >= 0.3 is 59.1 Å². The van der Waals surface area contributed by atoms with E-state index in [1.165, 1.54) is 24.3 Å². The first-order valence-corrected chi connectivity index (χ1v) is 4.69. The summed E-state index contributed by atoms with van der Waals surface area (Å²) in [5.41, 5.74) is -0.884. The molecule has 0 aliphatic rings. The molecule has 0 aliphatic carbocycles. The molecule has 0 bridgehead atoms. The van der Waals surface area contributed by atoms with E-state index in [1.807, 2.05) is 0 Å². The first kappa shape index (κ1) is 18.4. The van der Waals surface area contributed by atoms with Crippen LogP contribution in [0, 0.1) is 0 Å². The van der Waals surface area contributed by atoms with Gasteiger partial charge in [0.05, 0.1) is 11.9 Å². The number of rotatable bonds is 2. The van der Waals surface area contributed by atoms with Crippen LogP contribution in [-0.2, 0) is 0 Å². The van der Waals surface area contributed by atoms with Gasteiger partial charge in [-0.15, -0.1) is 0 Å². The molecule has 0 fully saturated rings. The van der Waals surface area contributed by atoms with E-state index in [4.69, 9.17) is 0 Å². The number of aromatic hydroxyl groups is 1. The predicted molar refractivity (Wildman–Crippen MR) is 54.3 cm³/mol. The summed E-state index contributed by atoms with van der Waals surface area (Å²) in [6.07, 6.45) is 0. The van der Waals surface area contributed by atoms with E-state index in [2.05, 4.69) is 0 Å². The number of carboxylic acids is 2. The second kappa shape index (κ2) is 7.28. The maximum Gasteiger partial charge on any atom is 1.00 e. The standard InChI is InChI=1S/C12H8O5.2Na/c13-7-2-4-8-6(5-7)1-3-9(11(14)15)10(8)12(16)17;;/h1-5,13H,(H,14,15)(H,16,17);;/q;2*+1/p-2. The summed E-state index contributed by atoms with van der Waals surface area (Å²) < 4.78 is 0. The molecule has 0 radical (unpaired) electrons. The second-order valence-electron chi connectivity index (χ2n) is 3.47. The summed E-state index contributed by atoms with van der Waals surface area (Å²) in [7, 11) is 0. The van der Waals surface area contributed by atoms with Crippen molar-refractivity contribution in [3.05, 3.63) is 41.5 Å². The Morgan fingerprint density at radius 1 is 0.947 bits per heavy atom. The second-order valence-corrected chi connectivity index (χ2v) is 3.47. The van der Waals surface area contributed by atoms with E-state index in [-0.39, 0.29) is 70.3 Å². The number of phenolic OH excluding ortho intramolecular Hbond substituents is 1. The van der Waals surface area contributed by atoms with Crippen molar-refractivity contribution in [2.45, 2.75) is 0 Å². The zero-order chi connectivity index (χ0) is 12.6. The number of benzene rings is 2. The van der Waals surface area contributed by atoms with Crippen LogP contribution in [0.15, 0.2) is 30.3 Å². The van der Waals surface area contributed by atoms with E-state index < -0.39 is 23.1 Å². The third-order valence-electron chi connectivity index (χ3n) is 2.43. The van der Waals surface area contributed by atoms with E-state index in [9.17, 15) is 24.9 Å². The normalized spacial score (nSPS) is 9.26. The van der Waals surface area contributed by atoms with Crippen LogP contribution in [0.5, 0.6) is 5.75 Å². The first-order valence-electron chi connectivity index (χ1n) is 4.69. The van der Waals surface area contributed by atoms with Crippen molar-refractivity contribution in [2.24, 2.45) is 0 Å². The largest absolute Gasteiger partial charge is 1.00 e. The number of carboxylic acid groups (broad SMARTS) is 2. The van der Waals surface area contributed by atoms with E-state index in [0.29, 0.717) is 5.39 Å². The molecule has 0 heterocycles. The van der Waals surface area contributed by atoms with Gasteiger partial charge in [0.2, 0.25) is 0 Å². The van der Waals surface area contributed by atoms with Crippen LogP contribution in [0.4, 0.5) is 0 Å². The number of fused-ring (bicyclic) bond motifs is 1. The van der Waals surface area contributed by atoms with Crippen LogP contribution in [-0.4, -0.2) is 17.0 Å². The smallest absolute Gasteiger partial charge is 0.545 e. The average Bonchev–Trinajstić information content (AvgIpc) is 2.26. The van der Waals surface area contributed by atoms with Crippen molar-refractivity contribution in [2.75, 3.05) is 0 Å². The van der Waals surface area contributed by atoms with Gasteiger partial charge in [-0.1, -0.05) is 18.2 Å². The quantitative estimate of drug-likeness (QED) is 0.550. The zero-order valence-electron chi connectivity index (χ0n) is 10.5. The summed E-state index contributed by atoms with van der Waals surface area (Å²) in [5.74, 6) is -3.22. The van der Waals surface area contributed by atoms with Crippen LogP contribution in [0.3, 0.4) is 0 Å². The number of aromatic carboxylic acids is 2. The Bertz CT molecular complexity index is 639. The van der Waals surface area contributed by atoms with Crippen molar-refractivity contribution in [1.29, 1.82) is 0 Å². The molecule has 1 N–H and O–H groups in total. The summed E-state index contributed by atoms with van der Waals surface area (Å²) in [5, 5.41) is 31.6. The molecular formula is C12H6Na2O5. The summed E-state index contributed by atoms with van der Waals surface area (Å²) in [6.45, 7) is 0. The Kier molecular flexibility index (Phi) is 7.07. The van der Waals surface area contributed by atoms with Gasteiger partial charge in [-0.2, -0.15) is 0 Å². The van der Waals surface area contributed by atoms with Crippen molar-refractivity contribution >= 4 is 22.7 Å². The fourth-order valence-corrected chi connectivity index (χ4v) is 1.71. The van der Waals surface area contributed by atoms with E-state index in [0.717, 1.165) is 6.07 Å². The molecule has 19 heavy (non-hydrogen) atoms. The molecule has 0 saturated carbocycles. The van der Waals surface area contributed by atoms with Gasteiger partial charge < -0.3 is 24.9 Å². The first-order chi connectivity index (χ1) is 8.00. The van der Waals surface area contributed by atoms with Crippen LogP contribution < -0.4 is 69.3 Å². The minimum absolute atomic E-state index is 0. The van der Waals surface area contributed by atoms with Gasteiger partial charge in [-0.25, -0.2) is 0 Å².